The molecule has 4 N–H and O–H groups in total. The van der Waals surface area contributed by atoms with Crippen molar-refractivity contribution in [2.75, 3.05) is 6.54 Å². The highest BCUT2D eigenvalue weighted by Gasteiger charge is 2.07. The van der Waals surface area contributed by atoms with Crippen LogP contribution in [-0.4, -0.2) is 6.54 Å². The summed E-state index contributed by atoms with van der Waals surface area (Å²) in [5, 5.41) is 0. The Morgan fingerprint density at radius 3 is 2.75 bits per heavy atom. The Bertz CT molecular complexity index is 237. The maximum absolute atomic E-state index is 5.93. The summed E-state index contributed by atoms with van der Waals surface area (Å²) in [6.45, 7) is 0.722. The van der Waals surface area contributed by atoms with E-state index in [-0.39, 0.29) is 6.04 Å². The summed E-state index contributed by atoms with van der Waals surface area (Å²) in [5.74, 6) is 0. The van der Waals surface area contributed by atoms with Gasteiger partial charge >= 0.3 is 0 Å². The van der Waals surface area contributed by atoms with E-state index in [9.17, 15) is 0 Å². The highest BCUT2D eigenvalue weighted by Crippen LogP contribution is 2.27. The van der Waals surface area contributed by atoms with Gasteiger partial charge in [0.05, 0.1) is 3.79 Å². The minimum absolute atomic E-state index is 0.157. The average Bonchev–Trinajstić information content (AvgIpc) is 2.47. The maximum Gasteiger partial charge on any atom is 0.0701 e. The van der Waals surface area contributed by atoms with Crippen LogP contribution in [0.1, 0.15) is 23.8 Å². The van der Waals surface area contributed by atoms with Gasteiger partial charge in [0.2, 0.25) is 0 Å². The van der Waals surface area contributed by atoms with Gasteiger partial charge in [0, 0.05) is 10.9 Å². The molecule has 2 nitrogen and oxygen atoms in total. The third kappa shape index (κ3) is 2.86. The number of nitrogens with two attached hydrogens (primary N) is 2. The molecule has 0 spiro atoms. The predicted octanol–water partition coefficient (Wildman–Crippen LogP) is 2.25. The molecule has 0 amide bonds. The lowest BCUT2D eigenvalue weighted by molar-refractivity contribution is 0.626. The van der Waals surface area contributed by atoms with Crippen LogP contribution in [0.15, 0.2) is 15.9 Å². The van der Waals surface area contributed by atoms with Crippen molar-refractivity contribution in [3.8, 4) is 0 Å². The summed E-state index contributed by atoms with van der Waals surface area (Å²) >= 11 is 5.10. The molecule has 1 aromatic heterocycles. The summed E-state index contributed by atoms with van der Waals surface area (Å²) in [6.07, 6.45) is 1.97. The van der Waals surface area contributed by atoms with Crippen LogP contribution < -0.4 is 11.5 Å². The van der Waals surface area contributed by atoms with Gasteiger partial charge in [0.25, 0.3) is 0 Å². The molecule has 68 valence electrons. The normalized spacial score (nSPS) is 13.2. The molecular formula is C8H13BrN2S. The summed E-state index contributed by atoms with van der Waals surface area (Å²) in [5.41, 5.74) is 11.3. The summed E-state index contributed by atoms with van der Waals surface area (Å²) in [7, 11) is 0. The van der Waals surface area contributed by atoms with E-state index in [1.165, 1.54) is 4.88 Å². The molecule has 0 radical (unpaired) electrons. The van der Waals surface area contributed by atoms with Gasteiger partial charge in [-0.25, -0.2) is 0 Å². The smallest absolute Gasteiger partial charge is 0.0701 e. The number of halogens is 1. The van der Waals surface area contributed by atoms with Crippen LogP contribution in [0.5, 0.6) is 0 Å². The van der Waals surface area contributed by atoms with Gasteiger partial charge in [-0.3, -0.25) is 0 Å². The molecule has 4 heteroatoms. The molecule has 1 atom stereocenters. The Labute approximate surface area is 85.1 Å². The van der Waals surface area contributed by atoms with Gasteiger partial charge in [0.1, 0.15) is 0 Å². The Balaban J connectivity index is 2.47. The molecule has 0 aliphatic carbocycles. The summed E-state index contributed by atoms with van der Waals surface area (Å²) < 4.78 is 1.14. The van der Waals surface area contributed by atoms with E-state index in [1.54, 1.807) is 11.3 Å². The lowest BCUT2D eigenvalue weighted by atomic mass is 10.1. The van der Waals surface area contributed by atoms with Crippen molar-refractivity contribution in [2.45, 2.75) is 18.9 Å². The Kier molecular flexibility index (Phi) is 4.21. The molecule has 0 saturated heterocycles. The zero-order valence-corrected chi connectivity index (χ0v) is 9.20. The zero-order chi connectivity index (χ0) is 8.97. The second-order valence-electron chi connectivity index (χ2n) is 2.68. The first-order valence-corrected chi connectivity index (χ1v) is 5.56. The Morgan fingerprint density at radius 2 is 2.25 bits per heavy atom. The lowest BCUT2D eigenvalue weighted by Gasteiger charge is -2.07. The fourth-order valence-electron chi connectivity index (χ4n) is 1.01. The van der Waals surface area contributed by atoms with E-state index in [0.29, 0.717) is 0 Å². The van der Waals surface area contributed by atoms with E-state index in [2.05, 4.69) is 22.0 Å². The number of hydrogen-bond acceptors (Lipinski definition) is 3. The standard InChI is InChI=1S/C8H13BrN2S/c9-8-4-3-7(12-8)6(11)2-1-5-10/h3-4,6H,1-2,5,10-11H2. The third-order valence-electron chi connectivity index (χ3n) is 1.68. The van der Waals surface area contributed by atoms with Gasteiger partial charge < -0.3 is 11.5 Å². The van der Waals surface area contributed by atoms with Crippen LogP contribution in [0.3, 0.4) is 0 Å². The first kappa shape index (κ1) is 10.2. The molecule has 1 aromatic rings. The van der Waals surface area contributed by atoms with Gasteiger partial charge in [0.15, 0.2) is 0 Å². The van der Waals surface area contributed by atoms with Crippen LogP contribution in [0, 0.1) is 0 Å². The van der Waals surface area contributed by atoms with E-state index in [0.717, 1.165) is 23.2 Å². The fraction of sp³-hybridized carbons (Fsp3) is 0.500. The Hall–Kier alpha value is 0.1000. The molecule has 12 heavy (non-hydrogen) atoms. The van der Waals surface area contributed by atoms with Gasteiger partial charge in [-0.05, 0) is 47.4 Å². The maximum atomic E-state index is 5.93. The molecule has 0 fully saturated rings. The van der Waals surface area contributed by atoms with E-state index in [4.69, 9.17) is 11.5 Å². The van der Waals surface area contributed by atoms with Crippen molar-refractivity contribution >= 4 is 27.3 Å². The zero-order valence-electron chi connectivity index (χ0n) is 6.79. The molecule has 1 rings (SSSR count). The SMILES string of the molecule is NCCCC(N)c1ccc(Br)s1. The largest absolute Gasteiger partial charge is 0.330 e. The van der Waals surface area contributed by atoms with Crippen LogP contribution in [-0.2, 0) is 0 Å². The van der Waals surface area contributed by atoms with E-state index >= 15 is 0 Å². The molecule has 0 bridgehead atoms. The van der Waals surface area contributed by atoms with E-state index < -0.39 is 0 Å². The number of hydrogen-bond donors (Lipinski definition) is 2. The number of thiophene rings is 1. The van der Waals surface area contributed by atoms with Crippen LogP contribution in [0.4, 0.5) is 0 Å². The molecule has 1 unspecified atom stereocenters. The predicted molar refractivity (Wildman–Crippen MR) is 57.2 cm³/mol. The van der Waals surface area contributed by atoms with Gasteiger partial charge in [-0.2, -0.15) is 0 Å². The second kappa shape index (κ2) is 4.97. The lowest BCUT2D eigenvalue weighted by Crippen LogP contribution is -2.10. The van der Waals surface area contributed by atoms with Crippen LogP contribution in [0.2, 0.25) is 0 Å². The van der Waals surface area contributed by atoms with Crippen LogP contribution in [0.25, 0.3) is 0 Å². The summed E-state index contributed by atoms with van der Waals surface area (Å²) in [6, 6.07) is 4.25. The monoisotopic (exact) mass is 248 g/mol. The highest BCUT2D eigenvalue weighted by atomic mass is 79.9. The minimum atomic E-state index is 0.157. The fourth-order valence-corrected chi connectivity index (χ4v) is 2.47. The molecule has 1 heterocycles. The first-order chi connectivity index (χ1) is 5.74. The number of rotatable bonds is 4. The topological polar surface area (TPSA) is 52.0 Å². The van der Waals surface area contributed by atoms with Crippen molar-refractivity contribution in [1.82, 2.24) is 0 Å². The second-order valence-corrected chi connectivity index (χ2v) is 5.17. The molecule has 0 aliphatic rings. The van der Waals surface area contributed by atoms with E-state index in [1.807, 2.05) is 6.07 Å². The molecule has 0 saturated carbocycles. The molecule has 0 aliphatic heterocycles. The minimum Gasteiger partial charge on any atom is -0.330 e. The van der Waals surface area contributed by atoms with Crippen LogP contribution >= 0.6 is 27.3 Å². The van der Waals surface area contributed by atoms with Gasteiger partial charge in [-0.15, -0.1) is 11.3 Å². The average molecular weight is 249 g/mol. The van der Waals surface area contributed by atoms with Gasteiger partial charge in [-0.1, -0.05) is 0 Å². The molecule has 0 aromatic carbocycles. The quantitative estimate of drug-likeness (QED) is 0.859. The van der Waals surface area contributed by atoms with Crippen molar-refractivity contribution in [1.29, 1.82) is 0 Å². The highest BCUT2D eigenvalue weighted by molar-refractivity contribution is 9.11. The molecular weight excluding hydrogens is 236 g/mol. The third-order valence-corrected chi connectivity index (χ3v) is 3.43. The van der Waals surface area contributed by atoms with Crippen molar-refractivity contribution < 1.29 is 0 Å². The van der Waals surface area contributed by atoms with Crippen molar-refractivity contribution in [2.24, 2.45) is 11.5 Å². The Morgan fingerprint density at radius 1 is 1.50 bits per heavy atom. The summed E-state index contributed by atoms with van der Waals surface area (Å²) in [4.78, 5) is 1.23. The first-order valence-electron chi connectivity index (χ1n) is 3.95. The van der Waals surface area contributed by atoms with Crippen molar-refractivity contribution in [3.05, 3.63) is 20.8 Å². The van der Waals surface area contributed by atoms with Crippen molar-refractivity contribution in [3.63, 3.8) is 0 Å².